The number of ether oxygens (including phenoxy) is 1. The first-order valence-corrected chi connectivity index (χ1v) is 9.01. The monoisotopic (exact) mass is 429 g/mol. The zero-order valence-corrected chi connectivity index (χ0v) is 20.9. The van der Waals surface area contributed by atoms with Gasteiger partial charge in [-0.25, -0.2) is 0 Å². The van der Waals surface area contributed by atoms with Gasteiger partial charge >= 0.3 is 65.9 Å². The SMILES string of the molecule is O=C([O-])c1c(OC2CN(C(=O)c3ccccc3)C2)ccc2c1O[B-](O)(O)CC2.[Na+].[Na+]. The van der Waals surface area contributed by atoms with Crippen molar-refractivity contribution in [3.05, 3.63) is 59.2 Å². The minimum atomic E-state index is -3.11. The van der Waals surface area contributed by atoms with Gasteiger partial charge in [-0.3, -0.25) is 4.79 Å². The number of carboxylic acids is 1. The molecule has 8 nitrogen and oxygen atoms in total. The fraction of sp³-hybridized carbons (Fsp3) is 0.263. The second-order valence-corrected chi connectivity index (χ2v) is 7.05. The van der Waals surface area contributed by atoms with Crippen LogP contribution in [0.2, 0.25) is 6.32 Å². The van der Waals surface area contributed by atoms with Crippen LogP contribution in [0.4, 0.5) is 0 Å². The molecule has 1 saturated heterocycles. The molecule has 0 radical (unpaired) electrons. The third kappa shape index (κ3) is 5.23. The number of carboxylic acid groups (broad SMARTS) is 1. The molecule has 2 aromatic rings. The summed E-state index contributed by atoms with van der Waals surface area (Å²) in [5.74, 6) is -1.77. The van der Waals surface area contributed by atoms with E-state index >= 15 is 0 Å². The molecule has 2 N–H and O–H groups in total. The smallest absolute Gasteiger partial charge is 0.669 e. The van der Waals surface area contributed by atoms with Crippen LogP contribution in [-0.4, -0.2) is 52.8 Å². The molecular weight excluding hydrogens is 411 g/mol. The van der Waals surface area contributed by atoms with Crippen LogP contribution in [0.25, 0.3) is 0 Å². The largest absolute Gasteiger partial charge is 1.00 e. The molecule has 2 aliphatic heterocycles. The molecule has 0 bridgehead atoms. The van der Waals surface area contributed by atoms with Gasteiger partial charge in [0.25, 0.3) is 5.91 Å². The number of hydrogen-bond acceptors (Lipinski definition) is 7. The number of aromatic carboxylic acids is 1. The molecule has 11 heteroatoms. The zero-order chi connectivity index (χ0) is 19.9. The van der Waals surface area contributed by atoms with Gasteiger partial charge in [-0.1, -0.05) is 30.6 Å². The van der Waals surface area contributed by atoms with Crippen LogP contribution in [0, 0.1) is 0 Å². The van der Waals surface area contributed by atoms with Gasteiger partial charge in [0.05, 0.1) is 30.4 Å². The van der Waals surface area contributed by atoms with E-state index in [-0.39, 0.29) is 101 Å². The molecule has 2 aromatic carbocycles. The van der Waals surface area contributed by atoms with Gasteiger partial charge in [0.15, 0.2) is 0 Å². The van der Waals surface area contributed by atoms with Crippen molar-refractivity contribution >= 4 is 18.6 Å². The van der Waals surface area contributed by atoms with Crippen molar-refractivity contribution in [1.82, 2.24) is 4.90 Å². The molecule has 2 aliphatic rings. The number of amides is 1. The third-order valence-corrected chi connectivity index (χ3v) is 4.95. The van der Waals surface area contributed by atoms with Crippen molar-refractivity contribution in [2.24, 2.45) is 0 Å². The first-order valence-electron chi connectivity index (χ1n) is 9.01. The number of fused-ring (bicyclic) bond motifs is 1. The summed E-state index contributed by atoms with van der Waals surface area (Å²) in [7, 11) is 0. The number of hydrogen-bond donors (Lipinski definition) is 2. The van der Waals surface area contributed by atoms with Crippen LogP contribution >= 0.6 is 0 Å². The summed E-state index contributed by atoms with van der Waals surface area (Å²) in [5.41, 5.74) is 0.768. The van der Waals surface area contributed by atoms with Gasteiger partial charge in [-0.2, -0.15) is 0 Å². The number of aryl methyl sites for hydroxylation is 1. The fourth-order valence-electron chi connectivity index (χ4n) is 3.44. The standard InChI is InChI=1S/C19H19BNO7.2Na/c22-18(13-4-2-1-3-5-13)21-10-14(11-21)27-15-7-6-12-8-9-20(25,26)28-17(12)16(15)19(23)24;;/h1-7,14,25-26H,8-11H2,(H,23,24);;/q-1;2*+1/p-1. The van der Waals surface area contributed by atoms with Gasteiger partial charge in [-0.05, 0) is 30.2 Å². The molecule has 1 fully saturated rings. The van der Waals surface area contributed by atoms with Crippen LogP contribution in [0.3, 0.4) is 0 Å². The molecule has 0 atom stereocenters. The molecule has 2 heterocycles. The summed E-state index contributed by atoms with van der Waals surface area (Å²) < 4.78 is 10.9. The number of rotatable bonds is 4. The minimum Gasteiger partial charge on any atom is -0.669 e. The van der Waals surface area contributed by atoms with Crippen molar-refractivity contribution in [1.29, 1.82) is 0 Å². The summed E-state index contributed by atoms with van der Waals surface area (Å²) in [6, 6.07) is 12.0. The molecule has 0 aliphatic carbocycles. The topological polar surface area (TPSA) is 119 Å². The average Bonchev–Trinajstić information content (AvgIpc) is 2.63. The van der Waals surface area contributed by atoms with E-state index < -0.39 is 12.7 Å². The van der Waals surface area contributed by atoms with Crippen molar-refractivity contribution in [2.45, 2.75) is 18.8 Å². The van der Waals surface area contributed by atoms with Gasteiger partial charge in [-0.15, -0.1) is 0 Å². The number of benzene rings is 2. The van der Waals surface area contributed by atoms with E-state index in [1.165, 1.54) is 6.07 Å². The Morgan fingerprint density at radius 2 is 1.77 bits per heavy atom. The summed E-state index contributed by atoms with van der Waals surface area (Å²) in [4.78, 5) is 25.6. The van der Waals surface area contributed by atoms with E-state index in [1.807, 2.05) is 6.07 Å². The molecule has 0 spiro atoms. The second kappa shape index (κ2) is 10.1. The van der Waals surface area contributed by atoms with Gasteiger partial charge in [0.1, 0.15) is 11.9 Å². The average molecular weight is 429 g/mol. The number of carbonyl (C=O) groups excluding carboxylic acids is 2. The zero-order valence-electron chi connectivity index (χ0n) is 16.9. The van der Waals surface area contributed by atoms with Gasteiger partial charge in [0.2, 0.25) is 0 Å². The maximum absolute atomic E-state index is 12.4. The van der Waals surface area contributed by atoms with Gasteiger partial charge < -0.3 is 34.2 Å². The van der Waals surface area contributed by atoms with Crippen LogP contribution in [0.5, 0.6) is 11.5 Å². The quantitative estimate of drug-likeness (QED) is 0.465. The Morgan fingerprint density at radius 3 is 2.40 bits per heavy atom. The summed E-state index contributed by atoms with van der Waals surface area (Å²) >= 11 is 0. The minimum absolute atomic E-state index is 0. The molecule has 1 amide bonds. The van der Waals surface area contributed by atoms with E-state index in [0.29, 0.717) is 24.2 Å². The molecular formula is C19H18BNNa2O7. The van der Waals surface area contributed by atoms with Gasteiger partial charge in [0, 0.05) is 5.56 Å². The molecule has 146 valence electrons. The van der Waals surface area contributed by atoms with E-state index in [9.17, 15) is 24.7 Å². The van der Waals surface area contributed by atoms with E-state index in [4.69, 9.17) is 9.39 Å². The van der Waals surface area contributed by atoms with Crippen LogP contribution < -0.4 is 73.6 Å². The molecule has 0 saturated carbocycles. The maximum atomic E-state index is 12.4. The fourth-order valence-corrected chi connectivity index (χ4v) is 3.44. The molecule has 0 aromatic heterocycles. The van der Waals surface area contributed by atoms with E-state index in [0.717, 1.165) is 0 Å². The van der Waals surface area contributed by atoms with Crippen molar-refractivity contribution in [3.8, 4) is 11.5 Å². The molecule has 4 rings (SSSR count). The Kier molecular flexibility index (Phi) is 8.46. The Balaban J connectivity index is 0.00000160. The second-order valence-electron chi connectivity index (χ2n) is 7.05. The molecule has 0 unspecified atom stereocenters. The first kappa shape index (κ1) is 25.2. The number of likely N-dealkylation sites (tertiary alicyclic amines) is 1. The molecule has 30 heavy (non-hydrogen) atoms. The Labute approximate surface area is 217 Å². The third-order valence-electron chi connectivity index (χ3n) is 4.95. The maximum Gasteiger partial charge on any atom is 1.00 e. The van der Waals surface area contributed by atoms with Crippen LogP contribution in [0.1, 0.15) is 26.3 Å². The van der Waals surface area contributed by atoms with Crippen LogP contribution in [-0.2, 0) is 6.42 Å². The Bertz CT molecular complexity index is 936. The van der Waals surface area contributed by atoms with Crippen molar-refractivity contribution in [3.63, 3.8) is 0 Å². The predicted molar refractivity (Wildman–Crippen MR) is 96.9 cm³/mol. The number of nitrogens with zero attached hydrogens (tertiary/aromatic N) is 1. The number of carbonyl (C=O) groups is 2. The Morgan fingerprint density at radius 1 is 1.10 bits per heavy atom. The van der Waals surface area contributed by atoms with Crippen molar-refractivity contribution in [2.75, 3.05) is 13.1 Å². The normalized spacial score (nSPS) is 16.7. The summed E-state index contributed by atoms with van der Waals surface area (Å²) in [5, 5.41) is 31.2. The summed E-state index contributed by atoms with van der Waals surface area (Å²) in [6.45, 7) is -2.49. The van der Waals surface area contributed by atoms with Crippen molar-refractivity contribution < 1.29 is 93.2 Å². The van der Waals surface area contributed by atoms with E-state index in [1.54, 1.807) is 35.2 Å². The first-order chi connectivity index (χ1) is 13.3. The van der Waals surface area contributed by atoms with Crippen LogP contribution in [0.15, 0.2) is 42.5 Å². The van der Waals surface area contributed by atoms with E-state index in [2.05, 4.69) is 0 Å². The summed E-state index contributed by atoms with van der Waals surface area (Å²) in [6.07, 6.45) is -0.129. The predicted octanol–water partition coefficient (Wildman–Crippen LogP) is -6.18. The Hall–Kier alpha value is -1.04.